The molecular formula is C15H20N4O2S. The van der Waals surface area contributed by atoms with Crippen LogP contribution in [0.3, 0.4) is 0 Å². The van der Waals surface area contributed by atoms with Crippen LogP contribution in [0, 0.1) is 0 Å². The molecule has 0 saturated carbocycles. The molecule has 1 amide bonds. The van der Waals surface area contributed by atoms with Crippen LogP contribution in [0.15, 0.2) is 35.7 Å². The average molecular weight is 320 g/mol. The lowest BCUT2D eigenvalue weighted by Crippen LogP contribution is -2.24. The van der Waals surface area contributed by atoms with Crippen molar-refractivity contribution in [3.63, 3.8) is 0 Å². The number of anilines is 1. The highest BCUT2D eigenvalue weighted by atomic mass is 32.2. The maximum atomic E-state index is 12.0. The zero-order chi connectivity index (χ0) is 16.1. The minimum absolute atomic E-state index is 0.129. The summed E-state index contributed by atoms with van der Waals surface area (Å²) in [6.45, 7) is 1.80. The number of imidazole rings is 1. The summed E-state index contributed by atoms with van der Waals surface area (Å²) in [5, 5.41) is 3.74. The summed E-state index contributed by atoms with van der Waals surface area (Å²) < 4.78 is 7.16. The Kier molecular flexibility index (Phi) is 5.46. The van der Waals surface area contributed by atoms with Crippen LogP contribution in [-0.4, -0.2) is 34.9 Å². The van der Waals surface area contributed by atoms with Crippen molar-refractivity contribution in [2.75, 3.05) is 18.7 Å². The van der Waals surface area contributed by atoms with Crippen LogP contribution < -0.4 is 15.8 Å². The second kappa shape index (κ2) is 7.33. The molecule has 0 bridgehead atoms. The van der Waals surface area contributed by atoms with Crippen molar-refractivity contribution in [3.05, 3.63) is 30.6 Å². The molecule has 0 aliphatic rings. The first-order valence-electron chi connectivity index (χ1n) is 6.86. The van der Waals surface area contributed by atoms with Gasteiger partial charge < -0.3 is 15.8 Å². The molecular weight excluding hydrogens is 300 g/mol. The SMILES string of the molecule is COc1ccc(-n2ccnc2SC)c(NC(=O)CC(C)N)c1. The second-order valence-electron chi connectivity index (χ2n) is 4.90. The van der Waals surface area contributed by atoms with E-state index in [2.05, 4.69) is 10.3 Å². The normalized spacial score (nSPS) is 12.0. The van der Waals surface area contributed by atoms with Crippen molar-refractivity contribution in [1.29, 1.82) is 0 Å². The summed E-state index contributed by atoms with van der Waals surface area (Å²) in [5.41, 5.74) is 7.18. The highest BCUT2D eigenvalue weighted by Crippen LogP contribution is 2.29. The summed E-state index contributed by atoms with van der Waals surface area (Å²) in [7, 11) is 1.59. The standard InChI is InChI=1S/C15H20N4O2S/c1-10(16)8-14(20)18-12-9-11(21-2)4-5-13(12)19-7-6-17-15(19)22-3/h4-7,9-10H,8,16H2,1-3H3,(H,18,20). The molecule has 1 aromatic heterocycles. The summed E-state index contributed by atoms with van der Waals surface area (Å²) in [4.78, 5) is 16.3. The average Bonchev–Trinajstić information content (AvgIpc) is 2.94. The van der Waals surface area contributed by atoms with Gasteiger partial charge in [-0.15, -0.1) is 0 Å². The quantitative estimate of drug-likeness (QED) is 0.798. The maximum Gasteiger partial charge on any atom is 0.225 e. The summed E-state index contributed by atoms with van der Waals surface area (Å²) >= 11 is 1.53. The summed E-state index contributed by atoms with van der Waals surface area (Å²) in [6, 6.07) is 5.34. The molecule has 6 nitrogen and oxygen atoms in total. The number of nitrogens with one attached hydrogen (secondary N) is 1. The monoisotopic (exact) mass is 320 g/mol. The Labute approximate surface area is 134 Å². The molecule has 22 heavy (non-hydrogen) atoms. The predicted octanol–water partition coefficient (Wildman–Crippen LogP) is 2.28. The summed E-state index contributed by atoms with van der Waals surface area (Å²) in [5.74, 6) is 0.543. The van der Waals surface area contributed by atoms with Crippen molar-refractivity contribution in [2.45, 2.75) is 24.5 Å². The molecule has 0 radical (unpaired) electrons. The molecule has 118 valence electrons. The molecule has 0 fully saturated rings. The molecule has 0 saturated heterocycles. The molecule has 1 aromatic carbocycles. The van der Waals surface area contributed by atoms with Crippen molar-refractivity contribution in [1.82, 2.24) is 9.55 Å². The number of thioether (sulfide) groups is 1. The van der Waals surface area contributed by atoms with Crippen molar-refractivity contribution in [3.8, 4) is 11.4 Å². The van der Waals surface area contributed by atoms with E-state index in [1.807, 2.05) is 29.2 Å². The minimum atomic E-state index is -0.191. The Morgan fingerprint density at radius 3 is 2.95 bits per heavy atom. The summed E-state index contributed by atoms with van der Waals surface area (Å²) in [6.07, 6.45) is 5.80. The molecule has 1 heterocycles. The molecule has 3 N–H and O–H groups in total. The van der Waals surface area contributed by atoms with Crippen molar-refractivity contribution < 1.29 is 9.53 Å². The first-order chi connectivity index (χ1) is 10.5. The van der Waals surface area contributed by atoms with E-state index in [-0.39, 0.29) is 18.4 Å². The van der Waals surface area contributed by atoms with E-state index >= 15 is 0 Å². The van der Waals surface area contributed by atoms with E-state index in [4.69, 9.17) is 10.5 Å². The largest absolute Gasteiger partial charge is 0.497 e. The van der Waals surface area contributed by atoms with E-state index in [9.17, 15) is 4.79 Å². The van der Waals surface area contributed by atoms with E-state index in [1.54, 1.807) is 26.3 Å². The number of aromatic nitrogens is 2. The van der Waals surface area contributed by atoms with Gasteiger partial charge >= 0.3 is 0 Å². The number of methoxy groups -OCH3 is 1. The number of nitrogens with zero attached hydrogens (tertiary/aromatic N) is 2. The van der Waals surface area contributed by atoms with Gasteiger partial charge in [0.1, 0.15) is 5.75 Å². The van der Waals surface area contributed by atoms with Crippen LogP contribution in [0.1, 0.15) is 13.3 Å². The minimum Gasteiger partial charge on any atom is -0.497 e. The van der Waals surface area contributed by atoms with Crippen LogP contribution in [0.25, 0.3) is 5.69 Å². The Morgan fingerprint density at radius 1 is 1.55 bits per heavy atom. The number of amides is 1. The molecule has 0 aliphatic carbocycles. The number of rotatable bonds is 6. The number of nitrogens with two attached hydrogens (primary N) is 1. The van der Waals surface area contributed by atoms with Gasteiger partial charge in [-0.05, 0) is 25.3 Å². The van der Waals surface area contributed by atoms with Gasteiger partial charge in [0, 0.05) is 30.9 Å². The number of ether oxygens (including phenoxy) is 1. The van der Waals surface area contributed by atoms with E-state index in [1.165, 1.54) is 11.8 Å². The molecule has 2 rings (SSSR count). The number of carbonyl (C=O) groups excluding carboxylic acids is 1. The third-order valence-electron chi connectivity index (χ3n) is 3.03. The van der Waals surface area contributed by atoms with Crippen LogP contribution in [0.5, 0.6) is 5.75 Å². The van der Waals surface area contributed by atoms with E-state index in [0.717, 1.165) is 10.8 Å². The highest BCUT2D eigenvalue weighted by molar-refractivity contribution is 7.98. The van der Waals surface area contributed by atoms with Gasteiger partial charge in [-0.3, -0.25) is 9.36 Å². The van der Waals surface area contributed by atoms with Gasteiger partial charge in [0.15, 0.2) is 5.16 Å². The first-order valence-corrected chi connectivity index (χ1v) is 8.08. The number of hydrogen-bond acceptors (Lipinski definition) is 5. The fourth-order valence-electron chi connectivity index (χ4n) is 2.07. The smallest absolute Gasteiger partial charge is 0.225 e. The lowest BCUT2D eigenvalue weighted by Gasteiger charge is -2.15. The topological polar surface area (TPSA) is 82.2 Å². The molecule has 1 atom stereocenters. The van der Waals surface area contributed by atoms with Crippen LogP contribution in [0.2, 0.25) is 0 Å². The lowest BCUT2D eigenvalue weighted by atomic mass is 10.2. The first kappa shape index (κ1) is 16.4. The van der Waals surface area contributed by atoms with Crippen molar-refractivity contribution >= 4 is 23.4 Å². The number of hydrogen-bond donors (Lipinski definition) is 2. The molecule has 7 heteroatoms. The molecule has 0 aliphatic heterocycles. The fraction of sp³-hybridized carbons (Fsp3) is 0.333. The maximum absolute atomic E-state index is 12.0. The second-order valence-corrected chi connectivity index (χ2v) is 5.67. The van der Waals surface area contributed by atoms with Gasteiger partial charge in [-0.1, -0.05) is 11.8 Å². The van der Waals surface area contributed by atoms with Crippen LogP contribution in [-0.2, 0) is 4.79 Å². The predicted molar refractivity (Wildman–Crippen MR) is 88.8 cm³/mol. The van der Waals surface area contributed by atoms with Gasteiger partial charge in [-0.25, -0.2) is 4.98 Å². The molecule has 1 unspecified atom stereocenters. The Hall–Kier alpha value is -1.99. The van der Waals surface area contributed by atoms with E-state index in [0.29, 0.717) is 11.4 Å². The zero-order valence-corrected chi connectivity index (χ0v) is 13.7. The number of carbonyl (C=O) groups is 1. The molecule has 0 spiro atoms. The van der Waals surface area contributed by atoms with Gasteiger partial charge in [0.2, 0.25) is 5.91 Å². The third-order valence-corrected chi connectivity index (χ3v) is 3.70. The van der Waals surface area contributed by atoms with Crippen molar-refractivity contribution in [2.24, 2.45) is 5.73 Å². The van der Waals surface area contributed by atoms with E-state index < -0.39 is 0 Å². The fourth-order valence-corrected chi connectivity index (χ4v) is 2.59. The van der Waals surface area contributed by atoms with Gasteiger partial charge in [0.25, 0.3) is 0 Å². The number of benzene rings is 1. The Bertz CT molecular complexity index is 655. The molecule has 2 aromatic rings. The highest BCUT2D eigenvalue weighted by Gasteiger charge is 2.13. The van der Waals surface area contributed by atoms with Crippen LogP contribution >= 0.6 is 11.8 Å². The Morgan fingerprint density at radius 2 is 2.32 bits per heavy atom. The van der Waals surface area contributed by atoms with Gasteiger partial charge in [0.05, 0.1) is 18.5 Å². The Balaban J connectivity index is 2.39. The van der Waals surface area contributed by atoms with Gasteiger partial charge in [-0.2, -0.15) is 0 Å². The zero-order valence-electron chi connectivity index (χ0n) is 12.9. The third kappa shape index (κ3) is 3.80. The lowest BCUT2D eigenvalue weighted by molar-refractivity contribution is -0.116. The van der Waals surface area contributed by atoms with Crippen LogP contribution in [0.4, 0.5) is 5.69 Å².